The number of hydrogen-bond acceptors (Lipinski definition) is 1. The van der Waals surface area contributed by atoms with E-state index in [1.54, 1.807) is 0 Å². The van der Waals surface area contributed by atoms with Gasteiger partial charge in [0.05, 0.1) is 33.1 Å². The van der Waals surface area contributed by atoms with Crippen molar-refractivity contribution in [1.29, 1.82) is 0 Å². The van der Waals surface area contributed by atoms with Gasteiger partial charge in [0.15, 0.2) is 22.8 Å². The molecule has 0 saturated heterocycles. The molecule has 0 atom stereocenters. The van der Waals surface area contributed by atoms with Gasteiger partial charge in [-0.05, 0) is 112 Å². The number of hydrogen-bond donors (Lipinski definition) is 0. The summed E-state index contributed by atoms with van der Waals surface area (Å²) >= 11 is 1.93. The molecule has 4 aliphatic heterocycles. The zero-order valence-electron chi connectivity index (χ0n) is 52.7. The molecule has 9 heteroatoms. The average Bonchev–Trinajstić information content (AvgIpc) is 3.04. The topological polar surface area (TPSA) is 35.2 Å². The molecule has 5 aromatic heterocycles. The molecule has 16 rings (SSSR count). The second kappa shape index (κ2) is 18.3. The van der Waals surface area contributed by atoms with E-state index in [0.717, 1.165) is 0 Å². The molecule has 0 radical (unpaired) electrons. The Bertz CT molecular complexity index is 4730. The molecule has 7 aromatic carbocycles. The lowest BCUT2D eigenvalue weighted by Gasteiger charge is -2.20. The zero-order valence-corrected chi connectivity index (χ0v) is 53.5. The number of fused-ring (bicyclic) bond motifs is 19. The van der Waals surface area contributed by atoms with Gasteiger partial charge in [-0.25, -0.2) is 36.5 Å². The summed E-state index contributed by atoms with van der Waals surface area (Å²) in [6, 6.07) is 48.7. The molecule has 4 aliphatic rings. The van der Waals surface area contributed by atoms with Crippen molar-refractivity contribution < 1.29 is 18.3 Å². The Balaban J connectivity index is 0.000000104. The fourth-order valence-corrected chi connectivity index (χ4v) is 17.3. The van der Waals surface area contributed by atoms with E-state index < -0.39 is 0 Å². The summed E-state index contributed by atoms with van der Waals surface area (Å²) in [5.41, 5.74) is 21.0. The van der Waals surface area contributed by atoms with E-state index in [1.165, 1.54) is 155 Å². The van der Waals surface area contributed by atoms with Crippen molar-refractivity contribution in [3.05, 3.63) is 202 Å². The second-order valence-electron chi connectivity index (χ2n) is 26.2. The first-order valence-corrected chi connectivity index (χ1v) is 30.5. The first-order valence-electron chi connectivity index (χ1n) is 29.7. The lowest BCUT2D eigenvalue weighted by atomic mass is 9.88. The fraction of sp³-hybridized carbons (Fsp3) is 0.324. The Labute approximate surface area is 494 Å². The van der Waals surface area contributed by atoms with Gasteiger partial charge in [0.25, 0.3) is 23.3 Å². The largest absolute Gasteiger partial charge is 0.254 e. The van der Waals surface area contributed by atoms with Gasteiger partial charge in [0.1, 0.15) is 44.9 Å². The highest BCUT2D eigenvalue weighted by molar-refractivity contribution is 7.22. The molecule has 0 amide bonds. The van der Waals surface area contributed by atoms with Gasteiger partial charge in [-0.15, -0.1) is 11.3 Å². The Morgan fingerprint density at radius 3 is 1.33 bits per heavy atom. The molecule has 0 saturated carbocycles. The molecule has 83 heavy (non-hydrogen) atoms. The summed E-state index contributed by atoms with van der Waals surface area (Å²) in [4.78, 5) is 1.46. The van der Waals surface area contributed by atoms with Crippen molar-refractivity contribution in [2.24, 2.45) is 28.2 Å². The number of nitrogens with zero attached hydrogens (tertiary/aromatic N) is 8. The van der Waals surface area contributed by atoms with Crippen LogP contribution in [-0.4, -0.2) is 18.3 Å². The second-order valence-corrected chi connectivity index (χ2v) is 27.3. The molecular formula is C74H82N8S+4. The first kappa shape index (κ1) is 54.4. The summed E-state index contributed by atoms with van der Waals surface area (Å²) in [7, 11) is 8.65. The summed E-state index contributed by atoms with van der Waals surface area (Å²) in [6.07, 6.45) is 0. The highest BCUT2D eigenvalue weighted by atomic mass is 32.1. The molecule has 0 N–H and O–H groups in total. The first-order chi connectivity index (χ1) is 39.3. The summed E-state index contributed by atoms with van der Waals surface area (Å²) < 4.78 is 20.6. The van der Waals surface area contributed by atoms with Crippen LogP contribution in [-0.2, 0) is 50.3 Å². The van der Waals surface area contributed by atoms with Crippen LogP contribution >= 0.6 is 11.3 Å². The van der Waals surface area contributed by atoms with Crippen LogP contribution in [0, 0.1) is 55.4 Å². The van der Waals surface area contributed by atoms with E-state index in [-0.39, 0.29) is 22.2 Å². The fourth-order valence-electron chi connectivity index (χ4n) is 15.8. The van der Waals surface area contributed by atoms with E-state index >= 15 is 0 Å². The minimum Gasteiger partial charge on any atom is -0.234 e. The molecule has 0 fully saturated rings. The Morgan fingerprint density at radius 1 is 0.337 bits per heavy atom. The normalized spacial score (nSPS) is 15.4. The third kappa shape index (κ3) is 7.28. The Hall–Kier alpha value is -7.88. The third-order valence-electron chi connectivity index (χ3n) is 20.6. The predicted octanol–water partition coefficient (Wildman–Crippen LogP) is 15.4. The van der Waals surface area contributed by atoms with Gasteiger partial charge in [0, 0.05) is 104 Å². The smallest absolute Gasteiger partial charge is 0.234 e. The lowest BCUT2D eigenvalue weighted by molar-refractivity contribution is -0.737. The molecule has 0 spiro atoms. The molecule has 9 heterocycles. The summed E-state index contributed by atoms with van der Waals surface area (Å²) in [5, 5.41) is 9.46. The highest BCUT2D eigenvalue weighted by Crippen LogP contribution is 2.50. The van der Waals surface area contributed by atoms with Crippen molar-refractivity contribution in [3.8, 4) is 44.3 Å². The third-order valence-corrected chi connectivity index (χ3v) is 21.8. The van der Waals surface area contributed by atoms with E-state index in [4.69, 9.17) is 0 Å². The van der Waals surface area contributed by atoms with Gasteiger partial charge in [-0.2, -0.15) is 0 Å². The minimum absolute atomic E-state index is 0.00476. The van der Waals surface area contributed by atoms with Crippen LogP contribution in [0.3, 0.4) is 0 Å². The van der Waals surface area contributed by atoms with Crippen LogP contribution in [0.15, 0.2) is 133 Å². The van der Waals surface area contributed by atoms with E-state index in [1.807, 2.05) is 11.3 Å². The predicted molar refractivity (Wildman–Crippen MR) is 344 cm³/mol. The van der Waals surface area contributed by atoms with Crippen molar-refractivity contribution >= 4 is 53.7 Å². The van der Waals surface area contributed by atoms with Crippen molar-refractivity contribution in [2.75, 3.05) is 0 Å². The van der Waals surface area contributed by atoms with Crippen LogP contribution < -0.4 is 18.3 Å². The zero-order chi connectivity index (χ0) is 59.0. The monoisotopic (exact) mass is 1110 g/mol. The highest BCUT2D eigenvalue weighted by Gasteiger charge is 2.50. The van der Waals surface area contributed by atoms with E-state index in [0.29, 0.717) is 0 Å². The van der Waals surface area contributed by atoms with E-state index in [2.05, 4.69) is 309 Å². The minimum atomic E-state index is -0.0123. The van der Waals surface area contributed by atoms with Crippen LogP contribution in [0.25, 0.3) is 86.7 Å². The lowest BCUT2D eigenvalue weighted by Crippen LogP contribution is -2.52. The molecule has 8 nitrogen and oxygen atoms in total. The molecule has 0 bridgehead atoms. The maximum absolute atomic E-state index is 2.51. The summed E-state index contributed by atoms with van der Waals surface area (Å²) in [6.45, 7) is 36.4. The Morgan fingerprint density at radius 2 is 0.735 bits per heavy atom. The van der Waals surface area contributed by atoms with E-state index in [9.17, 15) is 0 Å². The molecular weight excluding hydrogens is 1030 g/mol. The average molecular weight is 1120 g/mol. The number of benzene rings is 7. The number of rotatable bonds is 0. The Kier molecular flexibility index (Phi) is 12.0. The van der Waals surface area contributed by atoms with Crippen LogP contribution in [0.4, 0.5) is 0 Å². The van der Waals surface area contributed by atoms with Crippen LogP contribution in [0.1, 0.15) is 124 Å². The SMILES string of the molecule is Cc1c2[n+](c(C)n1C)C(C)(C)c1c-2ccc2ccccc12.Cc1c2[n+](c(C)n1C)C(C)(C)c1c-2sc2ccccc12.Cc1c2[n+](c(C)n1C)C(C)(C)c1cc3ccccc3cc1-2.Cc1c2[n+](c(C)n1C)C(C)(C)c1ccc3ccccc3c1-2. The van der Waals surface area contributed by atoms with Gasteiger partial charge in [-0.1, -0.05) is 109 Å². The van der Waals surface area contributed by atoms with Crippen LogP contribution in [0.5, 0.6) is 0 Å². The quantitative estimate of drug-likeness (QED) is 0.136. The summed E-state index contributed by atoms with van der Waals surface area (Å²) in [5.74, 6) is 5.27. The van der Waals surface area contributed by atoms with Crippen molar-refractivity contribution in [3.63, 3.8) is 0 Å². The van der Waals surface area contributed by atoms with Crippen molar-refractivity contribution in [2.45, 2.75) is 133 Å². The molecule has 420 valence electrons. The molecule has 12 aromatic rings. The maximum atomic E-state index is 2.51. The standard InChI is InChI=1S/3C19H21N2.C17H19N2S/c1-12-18-16-10-14-8-6-7-9-15(14)11-17(16)19(3,4)21(18)13(2)20(12)5;1-12-18-17-15-9-7-6-8-14(15)10-11-16(17)19(3,4)21(18)13(2)20(12)5;1-12-18-16-11-10-14-8-6-7-9-15(14)17(16)19(3,4)21(18)13(2)20(12)5;1-10-15-16-14(12-8-6-7-9-13(12)20-16)17(3,4)19(15)11(2)18(10)5/h3*6-11H,1-5H3;6-9H,1-5H3/q4*+1. The number of aromatic nitrogens is 8. The number of imidazole rings is 4. The maximum Gasteiger partial charge on any atom is 0.254 e. The number of thiophene rings is 1. The van der Waals surface area contributed by atoms with Gasteiger partial charge < -0.3 is 0 Å². The van der Waals surface area contributed by atoms with Gasteiger partial charge in [-0.3, -0.25) is 0 Å². The van der Waals surface area contributed by atoms with Crippen LogP contribution in [0.2, 0.25) is 0 Å². The molecule has 0 unspecified atom stereocenters. The molecule has 0 aliphatic carbocycles. The van der Waals surface area contributed by atoms with Gasteiger partial charge in [0.2, 0.25) is 0 Å². The van der Waals surface area contributed by atoms with Gasteiger partial charge >= 0.3 is 0 Å². The van der Waals surface area contributed by atoms with Crippen molar-refractivity contribution in [1.82, 2.24) is 18.3 Å².